The highest BCUT2D eigenvalue weighted by atomic mass is 35.5. The van der Waals surface area contributed by atoms with Crippen LogP contribution in [0.4, 0.5) is 0 Å². The molecule has 21 heavy (non-hydrogen) atoms. The fourth-order valence-electron chi connectivity index (χ4n) is 2.25. The number of hydrogen-bond donors (Lipinski definition) is 0. The molecule has 1 aromatic carbocycles. The third-order valence-corrected chi connectivity index (χ3v) is 4.95. The van der Waals surface area contributed by atoms with Gasteiger partial charge >= 0.3 is 0 Å². The highest BCUT2D eigenvalue weighted by Crippen LogP contribution is 2.37. The Morgan fingerprint density at radius 3 is 3.00 bits per heavy atom. The van der Waals surface area contributed by atoms with Crippen molar-refractivity contribution in [2.45, 2.75) is 25.7 Å². The molecule has 1 aromatic heterocycles. The Morgan fingerprint density at radius 2 is 2.33 bits per heavy atom. The molecule has 1 heterocycles. The summed E-state index contributed by atoms with van der Waals surface area (Å²) < 4.78 is 0.936. The summed E-state index contributed by atoms with van der Waals surface area (Å²) in [4.78, 5) is 16.7. The molecule has 1 aliphatic carbocycles. The number of allylic oxidation sites excluding steroid dienone is 2. The Labute approximate surface area is 131 Å². The molecule has 1 aliphatic rings. The molecule has 3 rings (SSSR count). The average molecular weight is 317 g/mol. The predicted molar refractivity (Wildman–Crippen MR) is 84.5 cm³/mol. The SMILES string of the molecule is C/C(=C\C(=O)[C@H](C#N)c1nc2cc(Cl)ccc2s1)C1CC1. The second-order valence-corrected chi connectivity index (χ2v) is 6.79. The number of aromatic nitrogens is 1. The van der Waals surface area contributed by atoms with Crippen LogP contribution in [-0.2, 0) is 4.79 Å². The smallest absolute Gasteiger partial charge is 0.179 e. The van der Waals surface area contributed by atoms with Gasteiger partial charge in [0.2, 0.25) is 0 Å². The van der Waals surface area contributed by atoms with Crippen molar-refractivity contribution in [1.29, 1.82) is 5.26 Å². The van der Waals surface area contributed by atoms with Gasteiger partial charge in [0.1, 0.15) is 5.01 Å². The third-order valence-electron chi connectivity index (χ3n) is 3.62. The minimum atomic E-state index is -0.824. The van der Waals surface area contributed by atoms with Crippen molar-refractivity contribution < 1.29 is 4.79 Å². The van der Waals surface area contributed by atoms with Gasteiger partial charge in [0.15, 0.2) is 11.7 Å². The quantitative estimate of drug-likeness (QED) is 0.781. The summed E-state index contributed by atoms with van der Waals surface area (Å²) in [6, 6.07) is 7.48. The van der Waals surface area contributed by atoms with Crippen molar-refractivity contribution in [1.82, 2.24) is 4.98 Å². The minimum Gasteiger partial charge on any atom is -0.293 e. The number of thiazole rings is 1. The fraction of sp³-hybridized carbons (Fsp3) is 0.312. The van der Waals surface area contributed by atoms with E-state index in [0.717, 1.165) is 28.6 Å². The molecule has 1 saturated carbocycles. The van der Waals surface area contributed by atoms with E-state index in [1.54, 1.807) is 18.2 Å². The summed E-state index contributed by atoms with van der Waals surface area (Å²) in [5.41, 5.74) is 1.81. The fourth-order valence-corrected chi connectivity index (χ4v) is 3.41. The van der Waals surface area contributed by atoms with E-state index in [1.807, 2.05) is 13.0 Å². The summed E-state index contributed by atoms with van der Waals surface area (Å²) >= 11 is 7.31. The number of fused-ring (bicyclic) bond motifs is 1. The summed E-state index contributed by atoms with van der Waals surface area (Å²) in [6.07, 6.45) is 3.91. The first-order chi connectivity index (χ1) is 10.1. The molecule has 0 radical (unpaired) electrons. The summed E-state index contributed by atoms with van der Waals surface area (Å²) in [5, 5.41) is 10.5. The van der Waals surface area contributed by atoms with Gasteiger partial charge in [0, 0.05) is 5.02 Å². The van der Waals surface area contributed by atoms with Crippen LogP contribution in [0.5, 0.6) is 0 Å². The molecule has 1 atom stereocenters. The molecule has 3 nitrogen and oxygen atoms in total. The molecule has 106 valence electrons. The van der Waals surface area contributed by atoms with Crippen molar-refractivity contribution in [3.8, 4) is 6.07 Å². The number of carbonyl (C=O) groups excluding carboxylic acids is 1. The molecule has 0 unspecified atom stereocenters. The normalized spacial score (nSPS) is 16.7. The number of nitriles is 1. The maximum absolute atomic E-state index is 12.3. The number of ketones is 1. The van der Waals surface area contributed by atoms with E-state index in [4.69, 9.17) is 11.6 Å². The molecule has 2 aromatic rings. The van der Waals surface area contributed by atoms with Crippen molar-refractivity contribution in [3.05, 3.63) is 39.9 Å². The van der Waals surface area contributed by atoms with E-state index in [0.29, 0.717) is 15.9 Å². The lowest BCUT2D eigenvalue weighted by molar-refractivity contribution is -0.114. The van der Waals surface area contributed by atoms with E-state index in [-0.39, 0.29) is 5.78 Å². The molecule has 0 aliphatic heterocycles. The van der Waals surface area contributed by atoms with Gasteiger partial charge in [0.05, 0.1) is 16.3 Å². The Kier molecular flexibility index (Phi) is 3.79. The number of hydrogen-bond acceptors (Lipinski definition) is 4. The number of nitrogens with zero attached hydrogens (tertiary/aromatic N) is 2. The maximum Gasteiger partial charge on any atom is 0.179 e. The zero-order valence-electron chi connectivity index (χ0n) is 11.5. The Morgan fingerprint density at radius 1 is 1.57 bits per heavy atom. The molecule has 0 amide bonds. The topological polar surface area (TPSA) is 53.8 Å². The highest BCUT2D eigenvalue weighted by Gasteiger charge is 2.27. The summed E-state index contributed by atoms with van der Waals surface area (Å²) in [6.45, 7) is 1.96. The standard InChI is InChI=1S/C16H13ClN2OS/c1-9(10-2-3-10)6-14(20)12(8-18)16-19-13-7-11(17)4-5-15(13)21-16/h4-7,10,12H,2-3H2,1H3/b9-6+/t12-/m0/s1. The zero-order chi connectivity index (χ0) is 15.0. The Hall–Kier alpha value is -1.70. The highest BCUT2D eigenvalue weighted by molar-refractivity contribution is 7.18. The molecular formula is C16H13ClN2OS. The number of halogens is 1. The number of benzene rings is 1. The maximum atomic E-state index is 12.3. The molecule has 5 heteroatoms. The van der Waals surface area contributed by atoms with Gasteiger partial charge in [-0.15, -0.1) is 11.3 Å². The van der Waals surface area contributed by atoms with Crippen molar-refractivity contribution >= 4 is 38.9 Å². The van der Waals surface area contributed by atoms with Gasteiger partial charge < -0.3 is 0 Å². The van der Waals surface area contributed by atoms with Crippen LogP contribution in [0.1, 0.15) is 30.7 Å². The van der Waals surface area contributed by atoms with Crippen LogP contribution in [0.3, 0.4) is 0 Å². The van der Waals surface area contributed by atoms with Gasteiger partial charge in [0.25, 0.3) is 0 Å². The van der Waals surface area contributed by atoms with Crippen molar-refractivity contribution in [3.63, 3.8) is 0 Å². The Balaban J connectivity index is 1.92. The molecular weight excluding hydrogens is 304 g/mol. The number of rotatable bonds is 4. The first-order valence-electron chi connectivity index (χ1n) is 6.76. The van der Waals surface area contributed by atoms with Gasteiger partial charge in [-0.3, -0.25) is 4.79 Å². The largest absolute Gasteiger partial charge is 0.293 e. The van der Waals surface area contributed by atoms with Crippen LogP contribution in [0.25, 0.3) is 10.2 Å². The third kappa shape index (κ3) is 2.99. The predicted octanol–water partition coefficient (Wildman–Crippen LogP) is 4.48. The van der Waals surface area contributed by atoms with Crippen molar-refractivity contribution in [2.75, 3.05) is 0 Å². The van der Waals surface area contributed by atoms with E-state index in [1.165, 1.54) is 11.3 Å². The lowest BCUT2D eigenvalue weighted by Gasteiger charge is -2.02. The lowest BCUT2D eigenvalue weighted by atomic mass is 10.0. The molecule has 0 bridgehead atoms. The summed E-state index contributed by atoms with van der Waals surface area (Å²) in [5.74, 6) is -0.468. The van der Waals surface area contributed by atoms with Gasteiger partial charge in [-0.1, -0.05) is 17.2 Å². The van der Waals surface area contributed by atoms with Gasteiger partial charge in [-0.2, -0.15) is 5.26 Å². The second kappa shape index (κ2) is 5.59. The first-order valence-corrected chi connectivity index (χ1v) is 7.95. The zero-order valence-corrected chi connectivity index (χ0v) is 13.0. The second-order valence-electron chi connectivity index (χ2n) is 5.29. The van der Waals surface area contributed by atoms with E-state index in [2.05, 4.69) is 11.1 Å². The first kappa shape index (κ1) is 14.2. The van der Waals surface area contributed by atoms with Crippen LogP contribution in [0.2, 0.25) is 5.02 Å². The van der Waals surface area contributed by atoms with Crippen LogP contribution in [0, 0.1) is 17.2 Å². The minimum absolute atomic E-state index is 0.174. The van der Waals surface area contributed by atoms with Crippen molar-refractivity contribution in [2.24, 2.45) is 5.92 Å². The molecule has 1 fully saturated rings. The van der Waals surface area contributed by atoms with Crippen LogP contribution < -0.4 is 0 Å². The molecule has 0 spiro atoms. The van der Waals surface area contributed by atoms with E-state index >= 15 is 0 Å². The van der Waals surface area contributed by atoms with Crippen LogP contribution in [-0.4, -0.2) is 10.8 Å². The van der Waals surface area contributed by atoms with Gasteiger partial charge in [-0.25, -0.2) is 4.98 Å². The van der Waals surface area contributed by atoms with E-state index in [9.17, 15) is 10.1 Å². The average Bonchev–Trinajstić information content (AvgIpc) is 3.21. The summed E-state index contributed by atoms with van der Waals surface area (Å²) in [7, 11) is 0. The monoisotopic (exact) mass is 316 g/mol. The molecule has 0 saturated heterocycles. The Bertz CT molecular complexity index is 783. The number of carbonyl (C=O) groups is 1. The van der Waals surface area contributed by atoms with Gasteiger partial charge in [-0.05, 0) is 50.0 Å². The van der Waals surface area contributed by atoms with Crippen LogP contribution >= 0.6 is 22.9 Å². The lowest BCUT2D eigenvalue weighted by Crippen LogP contribution is -2.08. The van der Waals surface area contributed by atoms with E-state index < -0.39 is 5.92 Å². The van der Waals surface area contributed by atoms with Crippen LogP contribution in [0.15, 0.2) is 29.8 Å². The molecule has 0 N–H and O–H groups in total.